The van der Waals surface area contributed by atoms with Gasteiger partial charge in [-0.3, -0.25) is 9.59 Å². The second-order valence-corrected chi connectivity index (χ2v) is 11.4. The van der Waals surface area contributed by atoms with E-state index in [-0.39, 0.29) is 18.4 Å². The summed E-state index contributed by atoms with van der Waals surface area (Å²) in [6.45, 7) is 7.30. The van der Waals surface area contributed by atoms with Gasteiger partial charge in [0.2, 0.25) is 11.8 Å². The van der Waals surface area contributed by atoms with E-state index in [1.54, 1.807) is 18.2 Å². The molecule has 0 spiro atoms. The summed E-state index contributed by atoms with van der Waals surface area (Å²) in [7, 11) is 0. The largest absolute Gasteiger partial charge is 0.350 e. The van der Waals surface area contributed by atoms with Crippen LogP contribution in [0.5, 0.6) is 0 Å². The van der Waals surface area contributed by atoms with Gasteiger partial charge in [0.1, 0.15) is 18.4 Å². The Morgan fingerprint density at radius 3 is 2.30 bits per heavy atom. The number of carbonyl (C=O) groups excluding carboxylic acids is 3. The lowest BCUT2D eigenvalue weighted by Crippen LogP contribution is -2.53. The van der Waals surface area contributed by atoms with Crippen molar-refractivity contribution < 1.29 is 18.8 Å². The molecule has 3 N–H and O–H groups in total. The highest BCUT2D eigenvalue weighted by atomic mass is 19.1. The van der Waals surface area contributed by atoms with E-state index in [0.29, 0.717) is 24.1 Å². The van der Waals surface area contributed by atoms with Gasteiger partial charge >= 0.3 is 6.03 Å². The fraction of sp³-hybridized carbons (Fsp3) is 0.344. The third-order valence-corrected chi connectivity index (χ3v) is 6.90. The average Bonchev–Trinajstić information content (AvgIpc) is 3.00. The fourth-order valence-electron chi connectivity index (χ4n) is 5.23. The Kier molecular flexibility index (Phi) is 8.87. The molecule has 1 aliphatic heterocycles. The normalized spacial score (nSPS) is 19.5. The molecule has 8 heteroatoms. The number of amides is 4. The summed E-state index contributed by atoms with van der Waals surface area (Å²) in [6, 6.07) is 21.3. The molecule has 40 heavy (non-hydrogen) atoms. The molecule has 0 saturated carbocycles. The number of hydrogen-bond donors (Lipinski definition) is 3. The summed E-state index contributed by atoms with van der Waals surface area (Å²) in [4.78, 5) is 41.8. The molecule has 0 radical (unpaired) electrons. The van der Waals surface area contributed by atoms with Gasteiger partial charge < -0.3 is 20.9 Å². The van der Waals surface area contributed by atoms with Crippen molar-refractivity contribution in [2.45, 2.75) is 64.1 Å². The van der Waals surface area contributed by atoms with Crippen LogP contribution in [0.1, 0.15) is 62.3 Å². The van der Waals surface area contributed by atoms with E-state index in [2.05, 4.69) is 16.0 Å². The number of carbonyl (C=O) groups is 3. The predicted molar refractivity (Wildman–Crippen MR) is 154 cm³/mol. The average molecular weight is 545 g/mol. The summed E-state index contributed by atoms with van der Waals surface area (Å²) in [5.74, 6) is -1.28. The van der Waals surface area contributed by atoms with Crippen LogP contribution in [-0.2, 0) is 9.59 Å². The van der Waals surface area contributed by atoms with Crippen molar-refractivity contribution in [3.8, 4) is 0 Å². The summed E-state index contributed by atoms with van der Waals surface area (Å²) < 4.78 is 14.4. The minimum absolute atomic E-state index is 0.140. The Morgan fingerprint density at radius 2 is 1.62 bits per heavy atom. The second kappa shape index (κ2) is 12.3. The first kappa shape index (κ1) is 28.8. The van der Waals surface area contributed by atoms with Crippen LogP contribution in [0.25, 0.3) is 0 Å². The van der Waals surface area contributed by atoms with Gasteiger partial charge in [-0.05, 0) is 87.4 Å². The van der Waals surface area contributed by atoms with Gasteiger partial charge in [0.15, 0.2) is 0 Å². The number of likely N-dealkylation sites (tertiary alicyclic amines) is 1. The van der Waals surface area contributed by atoms with Crippen molar-refractivity contribution in [1.82, 2.24) is 15.5 Å². The maximum atomic E-state index is 14.4. The van der Waals surface area contributed by atoms with Gasteiger partial charge in [-0.2, -0.15) is 0 Å². The Bertz CT molecular complexity index is 1360. The number of nitrogens with one attached hydrogen (secondary N) is 3. The van der Waals surface area contributed by atoms with Crippen molar-refractivity contribution in [2.24, 2.45) is 0 Å². The van der Waals surface area contributed by atoms with Crippen molar-refractivity contribution in [2.75, 3.05) is 11.9 Å². The molecule has 3 atom stereocenters. The van der Waals surface area contributed by atoms with Gasteiger partial charge in [-0.15, -0.1) is 0 Å². The smallest absolute Gasteiger partial charge is 0.319 e. The highest BCUT2D eigenvalue weighted by Crippen LogP contribution is 2.39. The molecular weight excluding hydrogens is 507 g/mol. The molecule has 0 unspecified atom stereocenters. The van der Waals surface area contributed by atoms with Crippen molar-refractivity contribution in [3.63, 3.8) is 0 Å². The fourth-order valence-corrected chi connectivity index (χ4v) is 5.23. The molecule has 3 aromatic carbocycles. The summed E-state index contributed by atoms with van der Waals surface area (Å²) >= 11 is 0. The molecule has 210 valence electrons. The van der Waals surface area contributed by atoms with Crippen LogP contribution < -0.4 is 16.0 Å². The van der Waals surface area contributed by atoms with Crippen molar-refractivity contribution >= 4 is 23.5 Å². The first-order valence-electron chi connectivity index (χ1n) is 13.5. The van der Waals surface area contributed by atoms with E-state index in [9.17, 15) is 18.8 Å². The van der Waals surface area contributed by atoms with Crippen LogP contribution in [0.15, 0.2) is 78.9 Å². The van der Waals surface area contributed by atoms with Crippen LogP contribution in [0.2, 0.25) is 0 Å². The minimum atomic E-state index is -0.906. The van der Waals surface area contributed by atoms with Gasteiger partial charge in [0, 0.05) is 11.2 Å². The number of urea groups is 1. The molecule has 1 fully saturated rings. The molecule has 7 nitrogen and oxygen atoms in total. The van der Waals surface area contributed by atoms with Crippen LogP contribution in [0.3, 0.4) is 0 Å². The Hall–Kier alpha value is -4.20. The standard InChI is InChI=1S/C32H37FN4O3/c1-21-10-8-15-26(16-21)34-31(40)35-27-18-24(22-11-6-5-7-12-22)19-28(23-13-9-14-25(33)17-23)37(30(27)39)20-29(38)36-32(2,3)4/h5-17,24,27-28H,18-20H2,1-4H3,(H,36,38)(H2,34,35,40)/t24-,27+,28+/m0/s1. The number of benzene rings is 3. The highest BCUT2D eigenvalue weighted by molar-refractivity contribution is 5.95. The van der Waals surface area contributed by atoms with Gasteiger partial charge in [0.05, 0.1) is 6.04 Å². The molecule has 0 bridgehead atoms. The quantitative estimate of drug-likeness (QED) is 0.373. The predicted octanol–water partition coefficient (Wildman–Crippen LogP) is 5.69. The maximum absolute atomic E-state index is 14.4. The summed E-state index contributed by atoms with van der Waals surface area (Å²) in [6.07, 6.45) is 0.785. The summed E-state index contributed by atoms with van der Waals surface area (Å²) in [5.41, 5.74) is 2.70. The van der Waals surface area contributed by atoms with Gasteiger partial charge in [-0.25, -0.2) is 9.18 Å². The molecule has 1 heterocycles. The molecule has 1 saturated heterocycles. The number of hydrogen-bond acceptors (Lipinski definition) is 3. The molecule has 3 aromatic rings. The van der Waals surface area contributed by atoms with E-state index in [1.165, 1.54) is 17.0 Å². The number of rotatable bonds is 6. The first-order valence-corrected chi connectivity index (χ1v) is 13.5. The lowest BCUT2D eigenvalue weighted by molar-refractivity contribution is -0.139. The van der Waals surface area contributed by atoms with Crippen LogP contribution in [0.4, 0.5) is 14.9 Å². The number of halogens is 1. The second-order valence-electron chi connectivity index (χ2n) is 11.4. The Labute approximate surface area is 235 Å². The van der Waals surface area contributed by atoms with E-state index >= 15 is 0 Å². The third kappa shape index (κ3) is 7.68. The van der Waals surface area contributed by atoms with Crippen molar-refractivity contribution in [1.29, 1.82) is 0 Å². The van der Waals surface area contributed by atoms with E-state index < -0.39 is 35.4 Å². The zero-order chi connectivity index (χ0) is 28.9. The lowest BCUT2D eigenvalue weighted by atomic mass is 9.86. The molecule has 0 aromatic heterocycles. The molecular formula is C32H37FN4O3. The lowest BCUT2D eigenvalue weighted by Gasteiger charge is -2.33. The first-order chi connectivity index (χ1) is 19.0. The van der Waals surface area contributed by atoms with Gasteiger partial charge in [0.25, 0.3) is 0 Å². The SMILES string of the molecule is Cc1cccc(NC(=O)N[C@@H]2C[C@H](c3ccccc3)C[C@H](c3cccc(F)c3)N(CC(=O)NC(C)(C)C)C2=O)c1. The molecule has 4 amide bonds. The molecule has 0 aliphatic carbocycles. The number of anilines is 1. The Balaban J connectivity index is 1.70. The van der Waals surface area contributed by atoms with Crippen LogP contribution in [0, 0.1) is 12.7 Å². The monoisotopic (exact) mass is 544 g/mol. The highest BCUT2D eigenvalue weighted by Gasteiger charge is 2.40. The van der Waals surface area contributed by atoms with E-state index in [4.69, 9.17) is 0 Å². The number of nitrogens with zero attached hydrogens (tertiary/aromatic N) is 1. The number of aryl methyl sites for hydroxylation is 1. The van der Waals surface area contributed by atoms with Crippen LogP contribution >= 0.6 is 0 Å². The zero-order valence-corrected chi connectivity index (χ0v) is 23.4. The molecule has 1 aliphatic rings. The van der Waals surface area contributed by atoms with Crippen molar-refractivity contribution in [3.05, 3.63) is 101 Å². The minimum Gasteiger partial charge on any atom is -0.350 e. The summed E-state index contributed by atoms with van der Waals surface area (Å²) in [5, 5.41) is 8.60. The Morgan fingerprint density at radius 1 is 0.925 bits per heavy atom. The van der Waals surface area contributed by atoms with E-state index in [0.717, 1.165) is 11.1 Å². The van der Waals surface area contributed by atoms with Gasteiger partial charge in [-0.1, -0.05) is 54.6 Å². The maximum Gasteiger partial charge on any atom is 0.319 e. The van der Waals surface area contributed by atoms with Crippen LogP contribution in [-0.4, -0.2) is 40.9 Å². The van der Waals surface area contributed by atoms with E-state index in [1.807, 2.05) is 76.2 Å². The third-order valence-electron chi connectivity index (χ3n) is 6.90. The zero-order valence-electron chi connectivity index (χ0n) is 23.4. The topological polar surface area (TPSA) is 90.5 Å². The molecule has 4 rings (SSSR count).